The molecule has 0 aliphatic heterocycles. The van der Waals surface area contributed by atoms with Crippen LogP contribution < -0.4 is 5.73 Å². The molecule has 1 aromatic rings. The summed E-state index contributed by atoms with van der Waals surface area (Å²) >= 11 is 0. The van der Waals surface area contributed by atoms with E-state index in [1.807, 2.05) is 4.68 Å². The van der Waals surface area contributed by atoms with Crippen LogP contribution in [-0.2, 0) is 13.0 Å². The predicted molar refractivity (Wildman–Crippen MR) is 80.2 cm³/mol. The molecule has 4 atom stereocenters. The minimum absolute atomic E-state index is 0.257. The highest BCUT2D eigenvalue weighted by molar-refractivity contribution is 4.94. The van der Waals surface area contributed by atoms with E-state index in [0.29, 0.717) is 5.92 Å². The average molecular weight is 276 g/mol. The molecule has 2 saturated carbocycles. The lowest BCUT2D eigenvalue weighted by molar-refractivity contribution is 0.116. The van der Waals surface area contributed by atoms with Gasteiger partial charge in [-0.3, -0.25) is 4.68 Å². The molecule has 0 saturated heterocycles. The van der Waals surface area contributed by atoms with Crippen LogP contribution in [0.15, 0.2) is 6.33 Å². The smallest absolute Gasteiger partial charge is 0.138 e. The van der Waals surface area contributed by atoms with Crippen molar-refractivity contribution in [2.24, 2.45) is 23.5 Å². The quantitative estimate of drug-likeness (QED) is 0.920. The molecular formula is C16H28N4. The lowest BCUT2D eigenvalue weighted by Gasteiger charge is -2.41. The lowest BCUT2D eigenvalue weighted by Crippen LogP contribution is -2.39. The number of rotatable bonds is 4. The van der Waals surface area contributed by atoms with E-state index in [4.69, 9.17) is 5.73 Å². The first-order chi connectivity index (χ1) is 9.78. The zero-order valence-electron chi connectivity index (χ0n) is 12.7. The summed E-state index contributed by atoms with van der Waals surface area (Å²) in [7, 11) is 0. The second-order valence-electron chi connectivity index (χ2n) is 6.74. The number of aryl methyl sites for hydroxylation is 1. The summed E-state index contributed by atoms with van der Waals surface area (Å²) in [4.78, 5) is 4.38. The molecule has 1 heterocycles. The van der Waals surface area contributed by atoms with E-state index in [-0.39, 0.29) is 6.04 Å². The summed E-state index contributed by atoms with van der Waals surface area (Å²) in [5, 5.41) is 4.25. The van der Waals surface area contributed by atoms with Gasteiger partial charge in [0.25, 0.3) is 0 Å². The van der Waals surface area contributed by atoms with Crippen LogP contribution in [0, 0.1) is 17.8 Å². The van der Waals surface area contributed by atoms with E-state index in [9.17, 15) is 0 Å². The molecule has 0 aromatic carbocycles. The lowest BCUT2D eigenvalue weighted by atomic mass is 9.66. The van der Waals surface area contributed by atoms with Crippen molar-refractivity contribution in [2.45, 2.75) is 70.9 Å². The summed E-state index contributed by atoms with van der Waals surface area (Å²) in [5.41, 5.74) is 6.50. The van der Waals surface area contributed by atoms with Crippen molar-refractivity contribution in [1.29, 1.82) is 0 Å². The SMILES string of the molecule is CCn1ncnc1CC(N)C1CCC2CCCCC2C1. The molecule has 0 radical (unpaired) electrons. The number of fused-ring (bicyclic) bond motifs is 1. The summed E-state index contributed by atoms with van der Waals surface area (Å²) in [5.74, 6) is 3.71. The van der Waals surface area contributed by atoms with Crippen molar-refractivity contribution in [2.75, 3.05) is 0 Å². The Labute approximate surface area is 122 Å². The van der Waals surface area contributed by atoms with E-state index in [2.05, 4.69) is 17.0 Å². The summed E-state index contributed by atoms with van der Waals surface area (Å²) in [6.07, 6.45) is 12.4. The highest BCUT2D eigenvalue weighted by Gasteiger charge is 2.34. The molecule has 2 fully saturated rings. The molecule has 2 N–H and O–H groups in total. The van der Waals surface area contributed by atoms with Gasteiger partial charge in [-0.25, -0.2) is 4.98 Å². The standard InChI is InChI=1S/C16H28N4/c1-2-20-16(18-11-19-20)10-15(17)14-8-7-12-5-3-4-6-13(12)9-14/h11-15H,2-10,17H2,1H3. The molecule has 3 rings (SSSR count). The average Bonchev–Trinajstić information content (AvgIpc) is 2.94. The zero-order valence-corrected chi connectivity index (χ0v) is 12.7. The maximum atomic E-state index is 6.50. The second-order valence-corrected chi connectivity index (χ2v) is 6.74. The van der Waals surface area contributed by atoms with Gasteiger partial charge in [-0.2, -0.15) is 5.10 Å². The molecule has 112 valence electrons. The van der Waals surface area contributed by atoms with Gasteiger partial charge >= 0.3 is 0 Å². The molecule has 2 aliphatic rings. The highest BCUT2D eigenvalue weighted by Crippen LogP contribution is 2.43. The van der Waals surface area contributed by atoms with E-state index >= 15 is 0 Å². The van der Waals surface area contributed by atoms with Gasteiger partial charge in [0, 0.05) is 19.0 Å². The van der Waals surface area contributed by atoms with Crippen LogP contribution in [0.3, 0.4) is 0 Å². The molecule has 4 nitrogen and oxygen atoms in total. The Morgan fingerprint density at radius 1 is 1.25 bits per heavy atom. The van der Waals surface area contributed by atoms with Gasteiger partial charge in [0.2, 0.25) is 0 Å². The molecule has 0 spiro atoms. The third kappa shape index (κ3) is 2.90. The summed E-state index contributed by atoms with van der Waals surface area (Å²) in [6.45, 7) is 2.99. The fourth-order valence-corrected chi connectivity index (χ4v) is 4.39. The number of hydrogen-bond donors (Lipinski definition) is 1. The Hall–Kier alpha value is -0.900. The first-order valence-corrected chi connectivity index (χ1v) is 8.40. The monoisotopic (exact) mass is 276 g/mol. The van der Waals surface area contributed by atoms with Crippen LogP contribution in [0.4, 0.5) is 0 Å². The van der Waals surface area contributed by atoms with Crippen LogP contribution in [0.25, 0.3) is 0 Å². The van der Waals surface area contributed by atoms with Crippen LogP contribution in [0.5, 0.6) is 0 Å². The van der Waals surface area contributed by atoms with Gasteiger partial charge < -0.3 is 5.73 Å². The minimum atomic E-state index is 0.257. The second kappa shape index (κ2) is 6.25. The van der Waals surface area contributed by atoms with Crippen molar-refractivity contribution in [3.63, 3.8) is 0 Å². The number of hydrogen-bond acceptors (Lipinski definition) is 3. The molecule has 0 bridgehead atoms. The maximum Gasteiger partial charge on any atom is 0.138 e. The number of nitrogens with two attached hydrogens (primary N) is 1. The fourth-order valence-electron chi connectivity index (χ4n) is 4.39. The molecule has 2 aliphatic carbocycles. The zero-order chi connectivity index (χ0) is 13.9. The Bertz CT molecular complexity index is 428. The van der Waals surface area contributed by atoms with E-state index in [1.54, 1.807) is 6.33 Å². The molecule has 0 amide bonds. The Morgan fingerprint density at radius 2 is 2.05 bits per heavy atom. The molecule has 4 heteroatoms. The van der Waals surface area contributed by atoms with Gasteiger partial charge in [0.15, 0.2) is 0 Å². The molecular weight excluding hydrogens is 248 g/mol. The minimum Gasteiger partial charge on any atom is -0.327 e. The van der Waals surface area contributed by atoms with E-state index in [1.165, 1.54) is 44.9 Å². The first-order valence-electron chi connectivity index (χ1n) is 8.40. The van der Waals surface area contributed by atoms with Gasteiger partial charge in [-0.1, -0.05) is 25.7 Å². The molecule has 1 aromatic heterocycles. The summed E-state index contributed by atoms with van der Waals surface area (Å²) in [6, 6.07) is 0.257. The third-order valence-electron chi connectivity index (χ3n) is 5.60. The van der Waals surface area contributed by atoms with Gasteiger partial charge in [-0.15, -0.1) is 0 Å². The first kappa shape index (κ1) is 14.1. The van der Waals surface area contributed by atoms with E-state index in [0.717, 1.165) is 30.6 Å². The van der Waals surface area contributed by atoms with Crippen LogP contribution >= 0.6 is 0 Å². The van der Waals surface area contributed by atoms with Crippen molar-refractivity contribution >= 4 is 0 Å². The van der Waals surface area contributed by atoms with Crippen molar-refractivity contribution in [3.8, 4) is 0 Å². The van der Waals surface area contributed by atoms with Crippen LogP contribution in [0.2, 0.25) is 0 Å². The maximum absolute atomic E-state index is 6.50. The van der Waals surface area contributed by atoms with Crippen molar-refractivity contribution in [1.82, 2.24) is 14.8 Å². The normalized spacial score (nSPS) is 31.8. The largest absolute Gasteiger partial charge is 0.327 e. The number of nitrogens with zero attached hydrogens (tertiary/aromatic N) is 3. The highest BCUT2D eigenvalue weighted by atomic mass is 15.3. The molecule has 4 unspecified atom stereocenters. The predicted octanol–water partition coefficient (Wildman–Crippen LogP) is 2.77. The van der Waals surface area contributed by atoms with E-state index < -0.39 is 0 Å². The Kier molecular flexibility index (Phi) is 4.39. The van der Waals surface area contributed by atoms with Gasteiger partial charge in [-0.05, 0) is 43.9 Å². The van der Waals surface area contributed by atoms with Crippen LogP contribution in [-0.4, -0.2) is 20.8 Å². The summed E-state index contributed by atoms with van der Waals surface area (Å²) < 4.78 is 1.98. The fraction of sp³-hybridized carbons (Fsp3) is 0.875. The van der Waals surface area contributed by atoms with Gasteiger partial charge in [0.1, 0.15) is 12.2 Å². The number of aromatic nitrogens is 3. The Morgan fingerprint density at radius 3 is 2.85 bits per heavy atom. The third-order valence-corrected chi connectivity index (χ3v) is 5.60. The van der Waals surface area contributed by atoms with Crippen molar-refractivity contribution < 1.29 is 0 Å². The van der Waals surface area contributed by atoms with Gasteiger partial charge in [0.05, 0.1) is 0 Å². The topological polar surface area (TPSA) is 56.7 Å². The Balaban J connectivity index is 1.58. The van der Waals surface area contributed by atoms with Crippen molar-refractivity contribution in [3.05, 3.63) is 12.2 Å². The molecule has 20 heavy (non-hydrogen) atoms. The van der Waals surface area contributed by atoms with Crippen LogP contribution in [0.1, 0.15) is 57.7 Å².